The van der Waals surface area contributed by atoms with Gasteiger partial charge in [-0.25, -0.2) is 9.97 Å². The topological polar surface area (TPSA) is 84.4 Å². The number of rotatable bonds is 7. The molecule has 0 saturated carbocycles. The highest BCUT2D eigenvalue weighted by Crippen LogP contribution is 2.47. The molecule has 0 atom stereocenters. The molecule has 1 spiro atoms. The predicted molar refractivity (Wildman–Crippen MR) is 117 cm³/mol. The standard InChI is InChI=1S/C24H28N4O3/c1-31-13-10-27-23(30)20-14-24(21-5-3-2-4-19(20)21)8-11-28(12-9-24)22(29)7-6-18-15-25-17-26-16-18/h2-5,14-17H,6-13H2,1H3,(H,27,30). The molecule has 2 aromatic rings. The van der Waals surface area contributed by atoms with Crippen molar-refractivity contribution in [1.29, 1.82) is 0 Å². The molecule has 1 aliphatic heterocycles. The van der Waals surface area contributed by atoms with Gasteiger partial charge in [-0.1, -0.05) is 30.3 Å². The molecule has 31 heavy (non-hydrogen) atoms. The van der Waals surface area contributed by atoms with Crippen LogP contribution in [0, 0.1) is 0 Å². The molecule has 1 fully saturated rings. The Kier molecular flexibility index (Phi) is 6.42. The number of carbonyl (C=O) groups is 2. The summed E-state index contributed by atoms with van der Waals surface area (Å²) >= 11 is 0. The molecule has 0 bridgehead atoms. The Morgan fingerprint density at radius 1 is 1.16 bits per heavy atom. The van der Waals surface area contributed by atoms with E-state index in [1.54, 1.807) is 19.5 Å². The summed E-state index contributed by atoms with van der Waals surface area (Å²) in [4.78, 5) is 35.5. The normalized spacial score (nSPS) is 16.7. The van der Waals surface area contributed by atoms with Crippen LogP contribution in [0.25, 0.3) is 5.57 Å². The summed E-state index contributed by atoms with van der Waals surface area (Å²) in [5.74, 6) is 0.0939. The first-order valence-electron chi connectivity index (χ1n) is 10.7. The van der Waals surface area contributed by atoms with Crippen molar-refractivity contribution < 1.29 is 14.3 Å². The van der Waals surface area contributed by atoms with Crippen molar-refractivity contribution in [2.75, 3.05) is 33.4 Å². The van der Waals surface area contributed by atoms with Crippen LogP contribution in [0.1, 0.15) is 36.0 Å². The molecule has 2 aliphatic rings. The van der Waals surface area contributed by atoms with Crippen LogP contribution in [0.5, 0.6) is 0 Å². The number of benzene rings is 1. The van der Waals surface area contributed by atoms with Gasteiger partial charge in [-0.15, -0.1) is 0 Å². The Hall–Kier alpha value is -3.06. The van der Waals surface area contributed by atoms with Crippen molar-refractivity contribution >= 4 is 17.4 Å². The van der Waals surface area contributed by atoms with Gasteiger partial charge in [0.1, 0.15) is 6.33 Å². The number of carbonyl (C=O) groups excluding carboxylic acids is 2. The smallest absolute Gasteiger partial charge is 0.251 e. The number of allylic oxidation sites excluding steroid dienone is 1. The highest BCUT2D eigenvalue weighted by molar-refractivity contribution is 6.21. The van der Waals surface area contributed by atoms with Gasteiger partial charge >= 0.3 is 0 Å². The highest BCUT2D eigenvalue weighted by atomic mass is 16.5. The van der Waals surface area contributed by atoms with E-state index in [4.69, 9.17) is 4.74 Å². The molecule has 2 heterocycles. The largest absolute Gasteiger partial charge is 0.383 e. The number of nitrogens with zero attached hydrogens (tertiary/aromatic N) is 3. The van der Waals surface area contributed by atoms with Crippen molar-refractivity contribution in [3.63, 3.8) is 0 Å². The summed E-state index contributed by atoms with van der Waals surface area (Å²) in [6.45, 7) is 2.34. The van der Waals surface area contributed by atoms with Gasteiger partial charge in [0.15, 0.2) is 0 Å². The van der Waals surface area contributed by atoms with E-state index in [1.165, 1.54) is 11.9 Å². The average molecular weight is 421 g/mol. The molecule has 1 saturated heterocycles. The Bertz CT molecular complexity index is 966. The zero-order valence-corrected chi connectivity index (χ0v) is 17.8. The van der Waals surface area contributed by atoms with Gasteiger partial charge in [0.2, 0.25) is 5.91 Å². The monoisotopic (exact) mass is 420 g/mol. The summed E-state index contributed by atoms with van der Waals surface area (Å²) in [5, 5.41) is 2.94. The number of likely N-dealkylation sites (tertiary alicyclic amines) is 1. The predicted octanol–water partition coefficient (Wildman–Crippen LogP) is 2.13. The molecule has 162 valence electrons. The maximum absolute atomic E-state index is 12.8. The van der Waals surface area contributed by atoms with Crippen LogP contribution < -0.4 is 5.32 Å². The van der Waals surface area contributed by atoms with E-state index < -0.39 is 0 Å². The number of hydrogen-bond donors (Lipinski definition) is 1. The lowest BCUT2D eigenvalue weighted by Crippen LogP contribution is -2.44. The third-order valence-corrected chi connectivity index (χ3v) is 6.26. The van der Waals surface area contributed by atoms with Gasteiger partial charge in [-0.2, -0.15) is 0 Å². The van der Waals surface area contributed by atoms with Crippen LogP contribution in [-0.4, -0.2) is 60.0 Å². The second-order valence-corrected chi connectivity index (χ2v) is 8.14. The third kappa shape index (κ3) is 4.51. The molecule has 1 aliphatic carbocycles. The number of amides is 2. The zero-order valence-electron chi connectivity index (χ0n) is 17.8. The number of nitrogens with one attached hydrogen (secondary N) is 1. The van der Waals surface area contributed by atoms with Gasteiger partial charge in [0.25, 0.3) is 5.91 Å². The molecule has 4 rings (SSSR count). The van der Waals surface area contributed by atoms with Crippen molar-refractivity contribution in [1.82, 2.24) is 20.2 Å². The lowest BCUT2D eigenvalue weighted by atomic mass is 9.74. The maximum Gasteiger partial charge on any atom is 0.251 e. The van der Waals surface area contributed by atoms with Gasteiger partial charge in [-0.3, -0.25) is 9.59 Å². The average Bonchev–Trinajstić information content (AvgIpc) is 3.13. The maximum atomic E-state index is 12.8. The Morgan fingerprint density at radius 2 is 1.90 bits per heavy atom. The molecule has 1 aromatic heterocycles. The van der Waals surface area contributed by atoms with E-state index in [1.807, 2.05) is 23.1 Å². The quantitative estimate of drug-likeness (QED) is 0.694. The summed E-state index contributed by atoms with van der Waals surface area (Å²) in [6.07, 6.45) is 9.88. The van der Waals surface area contributed by atoms with Gasteiger partial charge in [0, 0.05) is 56.5 Å². The van der Waals surface area contributed by atoms with E-state index in [2.05, 4.69) is 27.4 Å². The van der Waals surface area contributed by atoms with Crippen LogP contribution >= 0.6 is 0 Å². The van der Waals surface area contributed by atoms with Gasteiger partial charge in [-0.05, 0) is 36.0 Å². The minimum absolute atomic E-state index is 0.0649. The molecule has 0 unspecified atom stereocenters. The van der Waals surface area contributed by atoms with Crippen molar-refractivity contribution in [2.45, 2.75) is 31.1 Å². The van der Waals surface area contributed by atoms with E-state index in [9.17, 15) is 9.59 Å². The molecule has 7 nitrogen and oxygen atoms in total. The van der Waals surface area contributed by atoms with Crippen LogP contribution in [0.4, 0.5) is 0 Å². The first-order valence-corrected chi connectivity index (χ1v) is 10.7. The Balaban J connectivity index is 1.43. The summed E-state index contributed by atoms with van der Waals surface area (Å²) in [6, 6.07) is 8.14. The molecule has 7 heteroatoms. The number of aryl methyl sites for hydroxylation is 1. The molecule has 2 amide bonds. The van der Waals surface area contributed by atoms with Gasteiger partial charge < -0.3 is 15.0 Å². The van der Waals surface area contributed by atoms with E-state index >= 15 is 0 Å². The number of methoxy groups -OCH3 is 1. The summed E-state index contributed by atoms with van der Waals surface area (Å²) in [7, 11) is 1.62. The van der Waals surface area contributed by atoms with Crippen molar-refractivity contribution in [2.24, 2.45) is 0 Å². The van der Waals surface area contributed by atoms with Crippen LogP contribution in [0.2, 0.25) is 0 Å². The van der Waals surface area contributed by atoms with E-state index in [0.717, 1.165) is 29.5 Å². The van der Waals surface area contributed by atoms with Crippen LogP contribution in [0.3, 0.4) is 0 Å². The zero-order chi connectivity index (χ0) is 21.7. The second kappa shape index (κ2) is 9.39. The number of hydrogen-bond acceptors (Lipinski definition) is 5. The minimum Gasteiger partial charge on any atom is -0.383 e. The number of piperidine rings is 1. The molecule has 1 N–H and O–H groups in total. The van der Waals surface area contributed by atoms with E-state index in [-0.39, 0.29) is 17.2 Å². The minimum atomic E-state index is -0.186. The van der Waals surface area contributed by atoms with Crippen LogP contribution in [0.15, 0.2) is 49.1 Å². The second-order valence-electron chi connectivity index (χ2n) is 8.14. The first kappa shape index (κ1) is 21.2. The lowest BCUT2D eigenvalue weighted by Gasteiger charge is -2.39. The fourth-order valence-electron chi connectivity index (χ4n) is 4.57. The van der Waals surface area contributed by atoms with Crippen LogP contribution in [-0.2, 0) is 26.2 Å². The third-order valence-electron chi connectivity index (χ3n) is 6.26. The number of aromatic nitrogens is 2. The molecule has 1 aromatic carbocycles. The van der Waals surface area contributed by atoms with Crippen molar-refractivity contribution in [3.05, 3.63) is 65.8 Å². The SMILES string of the molecule is COCCNC(=O)C1=CC2(CCN(C(=O)CCc3cncnc3)CC2)c2ccccc21. The number of fused-ring (bicyclic) bond motifs is 2. The van der Waals surface area contributed by atoms with E-state index in [0.29, 0.717) is 39.1 Å². The lowest BCUT2D eigenvalue weighted by molar-refractivity contribution is -0.132. The molecular weight excluding hydrogens is 392 g/mol. The molecular formula is C24H28N4O3. The fraction of sp³-hybridized carbons (Fsp3) is 0.417. The number of ether oxygens (including phenoxy) is 1. The van der Waals surface area contributed by atoms with Gasteiger partial charge in [0.05, 0.1) is 6.61 Å². The summed E-state index contributed by atoms with van der Waals surface area (Å²) < 4.78 is 5.04. The summed E-state index contributed by atoms with van der Waals surface area (Å²) in [5.41, 5.74) is 3.72. The highest BCUT2D eigenvalue weighted by Gasteiger charge is 2.42. The fourth-order valence-corrected chi connectivity index (χ4v) is 4.57. The Morgan fingerprint density at radius 3 is 2.65 bits per heavy atom. The Labute approximate surface area is 182 Å². The first-order chi connectivity index (χ1) is 15.1. The van der Waals surface area contributed by atoms with Crippen molar-refractivity contribution in [3.8, 4) is 0 Å². The molecule has 0 radical (unpaired) electrons.